The van der Waals surface area contributed by atoms with Crippen LogP contribution in [0.25, 0.3) is 0 Å². The Hall–Kier alpha value is -3.64. The maximum atomic E-state index is 2.34. The molecule has 0 aliphatic heterocycles. The number of hydrogen-bond donors (Lipinski definition) is 0. The third-order valence-electron chi connectivity index (χ3n) is 6.13. The summed E-state index contributed by atoms with van der Waals surface area (Å²) in [5.74, 6) is 0.217. The average molecular weight is 385 g/mol. The summed E-state index contributed by atoms with van der Waals surface area (Å²) in [6, 6.07) is 30.8. The summed E-state index contributed by atoms with van der Waals surface area (Å²) in [7, 11) is 0. The van der Waals surface area contributed by atoms with Gasteiger partial charge in [-0.05, 0) is 27.8 Å². The van der Waals surface area contributed by atoms with Crippen molar-refractivity contribution in [3.8, 4) is 0 Å². The molecule has 1 unspecified atom stereocenters. The number of fused-ring (bicyclic) bond motifs is 3. The fraction of sp³-hybridized carbons (Fsp3) is 0.0667. The first-order valence-corrected chi connectivity index (χ1v) is 10.5. The lowest BCUT2D eigenvalue weighted by molar-refractivity contribution is 0.734. The van der Waals surface area contributed by atoms with Crippen molar-refractivity contribution >= 4 is 0 Å². The van der Waals surface area contributed by atoms with Gasteiger partial charge in [-0.3, -0.25) is 0 Å². The average Bonchev–Trinajstić information content (AvgIpc) is 3.06. The molecule has 2 aliphatic rings. The Kier molecular flexibility index (Phi) is 4.91. The number of hydrogen-bond acceptors (Lipinski definition) is 0. The highest BCUT2D eigenvalue weighted by molar-refractivity contribution is 5.70. The van der Waals surface area contributed by atoms with Gasteiger partial charge in [-0.1, -0.05) is 140 Å². The first-order chi connectivity index (χ1) is 14.9. The van der Waals surface area contributed by atoms with Crippen molar-refractivity contribution in [1.29, 1.82) is 0 Å². The van der Waals surface area contributed by atoms with Gasteiger partial charge in [0.05, 0.1) is 5.41 Å². The van der Waals surface area contributed by atoms with E-state index in [2.05, 4.69) is 140 Å². The summed E-state index contributed by atoms with van der Waals surface area (Å²) < 4.78 is 0. The van der Waals surface area contributed by atoms with E-state index in [0.717, 1.165) is 0 Å². The molecule has 0 bridgehead atoms. The monoisotopic (exact) mass is 384 g/mol. The van der Waals surface area contributed by atoms with E-state index in [1.807, 2.05) is 0 Å². The van der Waals surface area contributed by atoms with Crippen LogP contribution in [0.4, 0.5) is 0 Å². The third kappa shape index (κ3) is 2.93. The van der Waals surface area contributed by atoms with Crippen molar-refractivity contribution < 1.29 is 0 Å². The lowest BCUT2D eigenvalue weighted by Gasteiger charge is -2.35. The van der Waals surface area contributed by atoms with Crippen LogP contribution < -0.4 is 0 Å². The van der Waals surface area contributed by atoms with Crippen LogP contribution in [0.3, 0.4) is 0 Å². The van der Waals surface area contributed by atoms with Crippen molar-refractivity contribution in [3.63, 3.8) is 0 Å². The van der Waals surface area contributed by atoms with Crippen LogP contribution in [0.5, 0.6) is 0 Å². The van der Waals surface area contributed by atoms with Gasteiger partial charge in [0.15, 0.2) is 0 Å². The van der Waals surface area contributed by atoms with Gasteiger partial charge in [0.2, 0.25) is 0 Å². The van der Waals surface area contributed by atoms with E-state index in [0.29, 0.717) is 0 Å². The molecule has 144 valence electrons. The molecular weight excluding hydrogens is 360 g/mol. The molecule has 0 spiro atoms. The lowest BCUT2D eigenvalue weighted by atomic mass is 9.67. The van der Waals surface area contributed by atoms with Gasteiger partial charge in [-0.25, -0.2) is 0 Å². The summed E-state index contributed by atoms with van der Waals surface area (Å²) in [6.07, 6.45) is 19.5. The molecule has 1 atom stereocenters. The third-order valence-corrected chi connectivity index (χ3v) is 6.13. The zero-order chi connectivity index (χ0) is 20.2. The lowest BCUT2D eigenvalue weighted by Crippen LogP contribution is -2.29. The summed E-state index contributed by atoms with van der Waals surface area (Å²) in [5.41, 5.74) is 6.42. The van der Waals surface area contributed by atoms with E-state index in [9.17, 15) is 0 Å². The maximum absolute atomic E-state index is 2.34. The van der Waals surface area contributed by atoms with Crippen LogP contribution in [-0.2, 0) is 5.41 Å². The van der Waals surface area contributed by atoms with Crippen molar-refractivity contribution in [1.82, 2.24) is 0 Å². The van der Waals surface area contributed by atoms with Crippen molar-refractivity contribution in [2.24, 2.45) is 0 Å². The fourth-order valence-corrected chi connectivity index (χ4v) is 4.94. The second kappa shape index (κ2) is 8.00. The second-order valence-corrected chi connectivity index (χ2v) is 7.71. The molecule has 3 aromatic rings. The standard InChI is InChI=1S/C30H24/c1-2-4-12-20-26-27-21-14-15-23-29(27)30(24-16-8-6-9-17-24,25-18-10-7-11-19-25)28(26)22-13-5-3-1/h1-23,26H/b3-1-,4-2-,13-5-,20-12?,28-22+. The van der Waals surface area contributed by atoms with Gasteiger partial charge in [0, 0.05) is 5.92 Å². The Bertz CT molecular complexity index is 1130. The Balaban J connectivity index is 1.90. The molecule has 0 radical (unpaired) electrons. The summed E-state index contributed by atoms with van der Waals surface area (Å²) in [4.78, 5) is 0. The molecule has 30 heavy (non-hydrogen) atoms. The van der Waals surface area contributed by atoms with Crippen LogP contribution >= 0.6 is 0 Å². The molecule has 0 heterocycles. The minimum absolute atomic E-state index is 0.217. The van der Waals surface area contributed by atoms with E-state index in [-0.39, 0.29) is 11.3 Å². The van der Waals surface area contributed by atoms with E-state index in [4.69, 9.17) is 0 Å². The molecule has 5 rings (SSSR count). The van der Waals surface area contributed by atoms with Gasteiger partial charge >= 0.3 is 0 Å². The van der Waals surface area contributed by atoms with E-state index in [1.54, 1.807) is 0 Å². The van der Waals surface area contributed by atoms with E-state index < -0.39 is 0 Å². The van der Waals surface area contributed by atoms with E-state index in [1.165, 1.54) is 27.8 Å². The minimum Gasteiger partial charge on any atom is -0.0729 e. The van der Waals surface area contributed by atoms with E-state index >= 15 is 0 Å². The SMILES string of the molecule is C1=CC2\C(=C/C=C\C=C/C=C\1)C(c1ccccc1)(c1ccccc1)c1ccccc12. The molecule has 0 N–H and O–H groups in total. The molecule has 2 aliphatic carbocycles. The predicted molar refractivity (Wildman–Crippen MR) is 127 cm³/mol. The highest BCUT2D eigenvalue weighted by Gasteiger charge is 2.49. The molecular formula is C30H24. The Morgan fingerprint density at radius 1 is 0.500 bits per heavy atom. The fourth-order valence-electron chi connectivity index (χ4n) is 4.94. The minimum atomic E-state index is -0.320. The predicted octanol–water partition coefficient (Wildman–Crippen LogP) is 7.28. The molecule has 0 saturated heterocycles. The zero-order valence-corrected chi connectivity index (χ0v) is 16.9. The van der Waals surface area contributed by atoms with Gasteiger partial charge in [-0.2, -0.15) is 0 Å². The maximum Gasteiger partial charge on any atom is 0.0676 e. The second-order valence-electron chi connectivity index (χ2n) is 7.71. The quantitative estimate of drug-likeness (QED) is 0.435. The van der Waals surface area contributed by atoms with Gasteiger partial charge in [0.1, 0.15) is 0 Å². The van der Waals surface area contributed by atoms with Gasteiger partial charge < -0.3 is 0 Å². The molecule has 0 aromatic heterocycles. The Morgan fingerprint density at radius 3 is 1.70 bits per heavy atom. The Labute approximate surface area is 178 Å². The number of benzene rings is 3. The number of rotatable bonds is 2. The highest BCUT2D eigenvalue weighted by atomic mass is 14.5. The van der Waals surface area contributed by atoms with Crippen LogP contribution in [0, 0.1) is 0 Å². The molecule has 0 heteroatoms. The van der Waals surface area contributed by atoms with Crippen LogP contribution in [0.2, 0.25) is 0 Å². The van der Waals surface area contributed by atoms with Crippen molar-refractivity contribution in [2.45, 2.75) is 11.3 Å². The summed E-state index contributed by atoms with van der Waals surface area (Å²) in [6.45, 7) is 0. The van der Waals surface area contributed by atoms with Gasteiger partial charge in [0.25, 0.3) is 0 Å². The molecule has 0 amide bonds. The largest absolute Gasteiger partial charge is 0.0729 e. The molecule has 3 aromatic carbocycles. The normalized spacial score (nSPS) is 23.9. The Morgan fingerprint density at radius 2 is 1.03 bits per heavy atom. The molecule has 0 fully saturated rings. The van der Waals surface area contributed by atoms with Crippen LogP contribution in [0.15, 0.2) is 145 Å². The molecule has 0 saturated carbocycles. The van der Waals surface area contributed by atoms with Gasteiger partial charge in [-0.15, -0.1) is 0 Å². The van der Waals surface area contributed by atoms with Crippen LogP contribution in [-0.4, -0.2) is 0 Å². The smallest absolute Gasteiger partial charge is 0.0676 e. The highest BCUT2D eigenvalue weighted by Crippen LogP contribution is 2.57. The number of allylic oxidation sites excluding steroid dienone is 10. The summed E-state index contributed by atoms with van der Waals surface area (Å²) in [5, 5.41) is 0. The molecule has 0 nitrogen and oxygen atoms in total. The van der Waals surface area contributed by atoms with Crippen LogP contribution in [0.1, 0.15) is 28.2 Å². The zero-order valence-electron chi connectivity index (χ0n) is 16.9. The summed E-state index contributed by atoms with van der Waals surface area (Å²) >= 11 is 0. The van der Waals surface area contributed by atoms with Crippen molar-refractivity contribution in [2.75, 3.05) is 0 Å². The van der Waals surface area contributed by atoms with Crippen molar-refractivity contribution in [3.05, 3.63) is 167 Å². The first kappa shape index (κ1) is 18.4. The topological polar surface area (TPSA) is 0 Å². The first-order valence-electron chi connectivity index (χ1n) is 10.5.